The molecule has 1 atom stereocenters. The maximum absolute atomic E-state index is 11.0. The van der Waals surface area contributed by atoms with E-state index in [-0.39, 0.29) is 5.75 Å². The Hall–Kier alpha value is -0.430. The van der Waals surface area contributed by atoms with Crippen LogP contribution in [0, 0.1) is 0 Å². The zero-order valence-corrected chi connectivity index (χ0v) is 12.9. The molecule has 4 nitrogen and oxygen atoms in total. The molecular weight excluding hydrogens is 268 g/mol. The molecule has 0 aliphatic carbocycles. The molecule has 0 saturated heterocycles. The van der Waals surface area contributed by atoms with E-state index in [0.29, 0.717) is 12.6 Å². The predicted molar refractivity (Wildman–Crippen MR) is 77.9 cm³/mol. The monoisotopic (exact) mass is 290 g/mol. The molecule has 104 valence electrons. The Morgan fingerprint density at radius 2 is 2.17 bits per heavy atom. The van der Waals surface area contributed by atoms with Crippen LogP contribution in [0.4, 0.5) is 0 Å². The number of sulfone groups is 1. The van der Waals surface area contributed by atoms with Crippen LogP contribution in [0.5, 0.6) is 0 Å². The number of likely N-dealkylation sites (N-methyl/N-ethyl adjacent to an activating group) is 1. The summed E-state index contributed by atoms with van der Waals surface area (Å²) in [5.74, 6) is 0.226. The molecule has 1 heterocycles. The molecular formula is C12H22N2O2S2. The second-order valence-corrected chi connectivity index (χ2v) is 7.86. The van der Waals surface area contributed by atoms with Crippen molar-refractivity contribution >= 4 is 21.2 Å². The fraction of sp³-hybridized carbons (Fsp3) is 0.667. The Kier molecular flexibility index (Phi) is 6.28. The number of nitrogens with one attached hydrogen (secondary N) is 1. The highest BCUT2D eigenvalue weighted by Crippen LogP contribution is 2.17. The summed E-state index contributed by atoms with van der Waals surface area (Å²) in [5.41, 5.74) is 0. The minimum Gasteiger partial charge on any atom is -0.308 e. The Balaban J connectivity index is 2.17. The highest BCUT2D eigenvalue weighted by atomic mass is 32.2. The second-order valence-electron chi connectivity index (χ2n) is 4.62. The lowest BCUT2D eigenvalue weighted by atomic mass is 10.3. The molecule has 1 rings (SSSR count). The predicted octanol–water partition coefficient (Wildman–Crippen LogP) is 1.38. The van der Waals surface area contributed by atoms with Gasteiger partial charge in [0.05, 0.1) is 5.75 Å². The maximum Gasteiger partial charge on any atom is 0.148 e. The van der Waals surface area contributed by atoms with Crippen molar-refractivity contribution in [3.8, 4) is 0 Å². The first-order valence-corrected chi connectivity index (χ1v) is 8.95. The molecule has 0 saturated carbocycles. The standard InChI is InChI=1S/C12H22N2O2S2/c1-11(12-5-4-9-17-12)13-6-7-14(2)8-10-18(3,15)16/h4-5,9,11,13H,6-8,10H2,1-3H3. The van der Waals surface area contributed by atoms with E-state index in [9.17, 15) is 8.42 Å². The van der Waals surface area contributed by atoms with Crippen molar-refractivity contribution in [2.75, 3.05) is 38.7 Å². The van der Waals surface area contributed by atoms with Crippen LogP contribution in [0.15, 0.2) is 17.5 Å². The van der Waals surface area contributed by atoms with Gasteiger partial charge in [-0.25, -0.2) is 8.42 Å². The summed E-state index contributed by atoms with van der Waals surface area (Å²) in [7, 11) is -0.909. The molecule has 18 heavy (non-hydrogen) atoms. The van der Waals surface area contributed by atoms with Gasteiger partial charge in [0.1, 0.15) is 9.84 Å². The summed E-state index contributed by atoms with van der Waals surface area (Å²) in [6, 6.07) is 4.53. The fourth-order valence-electron chi connectivity index (χ4n) is 1.54. The molecule has 6 heteroatoms. The Bertz CT molecular complexity index is 429. The van der Waals surface area contributed by atoms with Crippen molar-refractivity contribution in [2.45, 2.75) is 13.0 Å². The first kappa shape index (κ1) is 15.6. The number of thiophene rings is 1. The zero-order valence-electron chi connectivity index (χ0n) is 11.2. The first-order chi connectivity index (χ1) is 8.38. The third kappa shape index (κ3) is 6.49. The van der Waals surface area contributed by atoms with Gasteiger partial charge in [-0.3, -0.25) is 0 Å². The average molecular weight is 290 g/mol. The van der Waals surface area contributed by atoms with Gasteiger partial charge in [0.15, 0.2) is 0 Å². The van der Waals surface area contributed by atoms with E-state index >= 15 is 0 Å². The SMILES string of the molecule is CC(NCCN(C)CCS(C)(=O)=O)c1cccs1. The van der Waals surface area contributed by atoms with E-state index in [1.54, 1.807) is 11.3 Å². The van der Waals surface area contributed by atoms with Crippen LogP contribution < -0.4 is 5.32 Å². The maximum atomic E-state index is 11.0. The Morgan fingerprint density at radius 1 is 1.44 bits per heavy atom. The van der Waals surface area contributed by atoms with Crippen LogP contribution in [-0.2, 0) is 9.84 Å². The molecule has 0 amide bonds. The van der Waals surface area contributed by atoms with E-state index in [4.69, 9.17) is 0 Å². The van der Waals surface area contributed by atoms with Gasteiger partial charge in [0, 0.05) is 36.8 Å². The van der Waals surface area contributed by atoms with Gasteiger partial charge in [-0.15, -0.1) is 11.3 Å². The summed E-state index contributed by atoms with van der Waals surface area (Å²) in [4.78, 5) is 3.36. The number of rotatable bonds is 8. The number of hydrogen-bond acceptors (Lipinski definition) is 5. The van der Waals surface area contributed by atoms with Crippen LogP contribution in [0.2, 0.25) is 0 Å². The van der Waals surface area contributed by atoms with Gasteiger partial charge >= 0.3 is 0 Å². The van der Waals surface area contributed by atoms with E-state index in [2.05, 4.69) is 29.8 Å². The molecule has 0 radical (unpaired) electrons. The largest absolute Gasteiger partial charge is 0.308 e. The molecule has 0 bridgehead atoms. The lowest BCUT2D eigenvalue weighted by Gasteiger charge is -2.18. The van der Waals surface area contributed by atoms with Gasteiger partial charge in [0.2, 0.25) is 0 Å². The summed E-state index contributed by atoms with van der Waals surface area (Å²) in [6.07, 6.45) is 1.28. The van der Waals surface area contributed by atoms with Crippen LogP contribution in [-0.4, -0.2) is 52.0 Å². The zero-order chi connectivity index (χ0) is 13.6. The van der Waals surface area contributed by atoms with E-state index in [1.807, 2.05) is 11.9 Å². The normalized spacial score (nSPS) is 14.0. The lowest BCUT2D eigenvalue weighted by molar-refractivity contribution is 0.343. The fourth-order valence-corrected chi connectivity index (χ4v) is 2.95. The van der Waals surface area contributed by atoms with Crippen LogP contribution in [0.3, 0.4) is 0 Å². The van der Waals surface area contributed by atoms with Crippen molar-refractivity contribution in [1.82, 2.24) is 10.2 Å². The first-order valence-electron chi connectivity index (χ1n) is 6.01. The molecule has 1 aromatic rings. The number of nitrogens with zero attached hydrogens (tertiary/aromatic N) is 1. The molecule has 1 unspecified atom stereocenters. The lowest BCUT2D eigenvalue weighted by Crippen LogP contribution is -2.33. The molecule has 0 aliphatic rings. The quantitative estimate of drug-likeness (QED) is 0.786. The minimum atomic E-state index is -2.86. The van der Waals surface area contributed by atoms with Crippen LogP contribution in [0.1, 0.15) is 17.8 Å². The van der Waals surface area contributed by atoms with E-state index < -0.39 is 9.84 Å². The number of hydrogen-bond donors (Lipinski definition) is 1. The third-order valence-corrected chi connectivity index (χ3v) is 4.74. The smallest absolute Gasteiger partial charge is 0.148 e. The average Bonchev–Trinajstić information content (AvgIpc) is 2.78. The highest BCUT2D eigenvalue weighted by Gasteiger charge is 2.07. The second kappa shape index (κ2) is 7.23. The van der Waals surface area contributed by atoms with Gasteiger partial charge in [-0.05, 0) is 25.4 Å². The third-order valence-electron chi connectivity index (χ3n) is 2.76. The van der Waals surface area contributed by atoms with Crippen molar-refractivity contribution in [3.63, 3.8) is 0 Å². The van der Waals surface area contributed by atoms with E-state index in [0.717, 1.165) is 13.1 Å². The summed E-state index contributed by atoms with van der Waals surface area (Å²) >= 11 is 1.75. The van der Waals surface area contributed by atoms with Gasteiger partial charge in [-0.1, -0.05) is 6.07 Å². The summed E-state index contributed by atoms with van der Waals surface area (Å²) in [5, 5.41) is 5.51. The van der Waals surface area contributed by atoms with E-state index in [1.165, 1.54) is 11.1 Å². The van der Waals surface area contributed by atoms with Crippen molar-refractivity contribution < 1.29 is 8.42 Å². The Morgan fingerprint density at radius 3 is 2.72 bits per heavy atom. The molecule has 1 aromatic heterocycles. The topological polar surface area (TPSA) is 49.4 Å². The molecule has 0 fully saturated rings. The highest BCUT2D eigenvalue weighted by molar-refractivity contribution is 7.90. The van der Waals surface area contributed by atoms with Gasteiger partial charge in [-0.2, -0.15) is 0 Å². The van der Waals surface area contributed by atoms with Crippen molar-refractivity contribution in [2.24, 2.45) is 0 Å². The summed E-state index contributed by atoms with van der Waals surface area (Å²) < 4.78 is 22.1. The van der Waals surface area contributed by atoms with Gasteiger partial charge in [0.25, 0.3) is 0 Å². The van der Waals surface area contributed by atoms with Crippen molar-refractivity contribution in [1.29, 1.82) is 0 Å². The summed E-state index contributed by atoms with van der Waals surface area (Å²) in [6.45, 7) is 4.45. The minimum absolute atomic E-state index is 0.226. The van der Waals surface area contributed by atoms with Gasteiger partial charge < -0.3 is 10.2 Å². The molecule has 0 aromatic carbocycles. The van der Waals surface area contributed by atoms with Crippen LogP contribution in [0.25, 0.3) is 0 Å². The van der Waals surface area contributed by atoms with Crippen molar-refractivity contribution in [3.05, 3.63) is 22.4 Å². The molecule has 0 spiro atoms. The van der Waals surface area contributed by atoms with Crippen LogP contribution >= 0.6 is 11.3 Å². The Labute approximate surface area is 114 Å². The molecule has 0 aliphatic heterocycles. The molecule has 1 N–H and O–H groups in total.